The van der Waals surface area contributed by atoms with E-state index in [9.17, 15) is 5.11 Å². The molecule has 0 spiro atoms. The first-order valence-corrected chi connectivity index (χ1v) is 11.9. The van der Waals surface area contributed by atoms with E-state index in [1.165, 1.54) is 10.4 Å². The van der Waals surface area contributed by atoms with E-state index in [2.05, 4.69) is 81.4 Å². The van der Waals surface area contributed by atoms with E-state index in [-0.39, 0.29) is 17.2 Å². The maximum atomic E-state index is 10.2. The number of aliphatic hydroxyl groups excluding tert-OH is 1. The van der Waals surface area contributed by atoms with Gasteiger partial charge in [-0.25, -0.2) is 0 Å². The van der Waals surface area contributed by atoms with Crippen molar-refractivity contribution in [2.45, 2.75) is 50.7 Å². The molecule has 1 fully saturated rings. The van der Waals surface area contributed by atoms with Gasteiger partial charge in [0.05, 0.1) is 18.8 Å². The smallest absolute Gasteiger partial charge is 0.261 e. The average Bonchev–Trinajstić information content (AvgIpc) is 3.04. The monoisotopic (exact) mass is 399 g/mol. The fourth-order valence-corrected chi connectivity index (χ4v) is 8.87. The highest BCUT2D eigenvalue weighted by molar-refractivity contribution is 6.99. The van der Waals surface area contributed by atoms with E-state index >= 15 is 0 Å². The van der Waals surface area contributed by atoms with Gasteiger partial charge in [-0.3, -0.25) is 0 Å². The lowest BCUT2D eigenvalue weighted by molar-refractivity contribution is -0.117. The number of benzene rings is 2. The Bertz CT molecular complexity index is 706. The molecular formula is C23H33NO3Si. The third kappa shape index (κ3) is 4.09. The van der Waals surface area contributed by atoms with Crippen LogP contribution in [0.15, 0.2) is 60.7 Å². The van der Waals surface area contributed by atoms with E-state index in [4.69, 9.17) is 9.16 Å². The van der Waals surface area contributed by atoms with E-state index in [0.717, 1.165) is 6.42 Å². The Kier molecular flexibility index (Phi) is 6.42. The number of rotatable bonds is 6. The third-order valence-corrected chi connectivity index (χ3v) is 10.7. The first kappa shape index (κ1) is 21.2. The maximum Gasteiger partial charge on any atom is 0.261 e. The first-order chi connectivity index (χ1) is 13.3. The van der Waals surface area contributed by atoms with Crippen molar-refractivity contribution in [2.24, 2.45) is 0 Å². The average molecular weight is 400 g/mol. The molecule has 4 nitrogen and oxygen atoms in total. The molecule has 1 N–H and O–H groups in total. The van der Waals surface area contributed by atoms with Crippen LogP contribution in [0.4, 0.5) is 0 Å². The molecule has 3 rings (SSSR count). The van der Waals surface area contributed by atoms with Gasteiger partial charge in [0.1, 0.15) is 0 Å². The summed E-state index contributed by atoms with van der Waals surface area (Å²) in [7, 11) is 1.39. The van der Waals surface area contributed by atoms with Gasteiger partial charge in [-0.1, -0.05) is 81.4 Å². The maximum absolute atomic E-state index is 10.2. The fraction of sp³-hybridized carbons (Fsp3) is 0.478. The normalized spacial score (nSPS) is 23.3. The van der Waals surface area contributed by atoms with Crippen LogP contribution in [0.1, 0.15) is 27.2 Å². The van der Waals surface area contributed by atoms with Crippen molar-refractivity contribution >= 4 is 18.7 Å². The summed E-state index contributed by atoms with van der Waals surface area (Å²) in [5.74, 6) is 0. The second-order valence-corrected chi connectivity index (χ2v) is 13.2. The van der Waals surface area contributed by atoms with Crippen molar-refractivity contribution in [3.63, 3.8) is 0 Å². The van der Waals surface area contributed by atoms with Crippen LogP contribution in [0.5, 0.6) is 0 Å². The zero-order valence-corrected chi connectivity index (χ0v) is 18.6. The van der Waals surface area contributed by atoms with Crippen LogP contribution in [-0.2, 0) is 9.16 Å². The molecule has 1 aliphatic rings. The Hall–Kier alpha value is -1.50. The molecule has 2 aromatic rings. The topological polar surface area (TPSA) is 41.9 Å². The second kappa shape index (κ2) is 8.47. The summed E-state index contributed by atoms with van der Waals surface area (Å²) in [6.45, 7) is 7.29. The van der Waals surface area contributed by atoms with Crippen molar-refractivity contribution < 1.29 is 14.3 Å². The number of nitrogens with zero attached hydrogens (tertiary/aromatic N) is 1. The Morgan fingerprint density at radius 3 is 1.89 bits per heavy atom. The van der Waals surface area contributed by atoms with Crippen LogP contribution in [-0.4, -0.2) is 57.5 Å². The van der Waals surface area contributed by atoms with Gasteiger partial charge in [-0.2, -0.15) is 0 Å². The van der Waals surface area contributed by atoms with E-state index in [1.807, 2.05) is 19.0 Å². The van der Waals surface area contributed by atoms with Gasteiger partial charge in [0, 0.05) is 0 Å². The molecule has 2 aromatic carbocycles. The lowest BCUT2D eigenvalue weighted by Crippen LogP contribution is -2.67. The summed E-state index contributed by atoms with van der Waals surface area (Å²) >= 11 is 0. The van der Waals surface area contributed by atoms with Crippen LogP contribution in [0.2, 0.25) is 5.04 Å². The second-order valence-electron chi connectivity index (χ2n) is 8.89. The molecule has 1 heterocycles. The van der Waals surface area contributed by atoms with Crippen LogP contribution in [0, 0.1) is 0 Å². The zero-order valence-electron chi connectivity index (χ0n) is 17.6. The van der Waals surface area contributed by atoms with Crippen molar-refractivity contribution in [3.05, 3.63) is 60.7 Å². The van der Waals surface area contributed by atoms with E-state index in [1.54, 1.807) is 0 Å². The quantitative estimate of drug-likeness (QED) is 0.758. The molecule has 1 aliphatic heterocycles. The van der Waals surface area contributed by atoms with Gasteiger partial charge >= 0.3 is 0 Å². The Labute approximate surface area is 170 Å². The van der Waals surface area contributed by atoms with Crippen LogP contribution < -0.4 is 10.4 Å². The van der Waals surface area contributed by atoms with Crippen LogP contribution in [0.3, 0.4) is 0 Å². The standard InChI is InChI=1S/C23H33NO3Si/c1-23(2,3)28(19-12-8-6-9-13-19,20-14-10-7-11-15-20)26-17-18-16-21(24(4)5)22(25)27-18/h6-15,18,21-22,25H,16-17H2,1-5H3/t18-,21-,22?/m1/s1. The third-order valence-electron chi connectivity index (χ3n) is 5.73. The summed E-state index contributed by atoms with van der Waals surface area (Å²) in [6.07, 6.45) is -0.0985. The molecule has 0 bridgehead atoms. The largest absolute Gasteiger partial charge is 0.405 e. The van der Waals surface area contributed by atoms with Gasteiger partial charge in [-0.05, 0) is 35.9 Å². The number of likely N-dealkylation sites (N-methyl/N-ethyl adjacent to an activating group) is 1. The van der Waals surface area contributed by atoms with E-state index < -0.39 is 14.6 Å². The minimum atomic E-state index is -2.56. The summed E-state index contributed by atoms with van der Waals surface area (Å²) in [4.78, 5) is 2.02. The van der Waals surface area contributed by atoms with Crippen molar-refractivity contribution in [2.75, 3.05) is 20.7 Å². The Morgan fingerprint density at radius 1 is 1.00 bits per heavy atom. The highest BCUT2D eigenvalue weighted by atomic mass is 28.4. The van der Waals surface area contributed by atoms with Gasteiger partial charge in [0.15, 0.2) is 6.29 Å². The highest BCUT2D eigenvalue weighted by Crippen LogP contribution is 2.37. The lowest BCUT2D eigenvalue weighted by atomic mass is 10.1. The van der Waals surface area contributed by atoms with Crippen molar-refractivity contribution in [1.29, 1.82) is 0 Å². The van der Waals surface area contributed by atoms with E-state index in [0.29, 0.717) is 6.61 Å². The predicted octanol–water partition coefficient (Wildman–Crippen LogP) is 2.60. The number of ether oxygens (including phenoxy) is 1. The number of aliphatic hydroxyl groups is 1. The molecule has 0 aliphatic carbocycles. The first-order valence-electron chi connectivity index (χ1n) is 10.0. The SMILES string of the molecule is CN(C)[C@@H]1C[C@H](CO[Si](c2ccccc2)(c2ccccc2)C(C)(C)C)OC1O. The van der Waals surface area contributed by atoms with Gasteiger partial charge in [0.25, 0.3) is 8.32 Å². The predicted molar refractivity (Wildman–Crippen MR) is 117 cm³/mol. The van der Waals surface area contributed by atoms with Crippen molar-refractivity contribution in [1.82, 2.24) is 4.90 Å². The molecule has 0 saturated carbocycles. The molecule has 1 saturated heterocycles. The molecule has 3 atom stereocenters. The molecule has 152 valence electrons. The Morgan fingerprint density at radius 2 is 1.50 bits per heavy atom. The molecule has 5 heteroatoms. The van der Waals surface area contributed by atoms with Crippen LogP contribution >= 0.6 is 0 Å². The van der Waals surface area contributed by atoms with Gasteiger partial charge in [-0.15, -0.1) is 0 Å². The minimum absolute atomic E-state index is 0.00718. The minimum Gasteiger partial charge on any atom is -0.405 e. The van der Waals surface area contributed by atoms with Gasteiger partial charge in [0.2, 0.25) is 0 Å². The van der Waals surface area contributed by atoms with Crippen LogP contribution in [0.25, 0.3) is 0 Å². The molecule has 0 amide bonds. The van der Waals surface area contributed by atoms with Gasteiger partial charge < -0.3 is 19.2 Å². The molecule has 0 aromatic heterocycles. The summed E-state index contributed by atoms with van der Waals surface area (Å²) in [6, 6.07) is 21.2. The molecule has 0 radical (unpaired) electrons. The lowest BCUT2D eigenvalue weighted by Gasteiger charge is -2.43. The van der Waals surface area contributed by atoms with Crippen molar-refractivity contribution in [3.8, 4) is 0 Å². The highest BCUT2D eigenvalue weighted by Gasteiger charge is 2.51. The molecule has 1 unspecified atom stereocenters. The zero-order chi connectivity index (χ0) is 20.4. The number of hydrogen-bond acceptors (Lipinski definition) is 4. The fourth-order valence-electron chi connectivity index (χ4n) is 4.28. The molecule has 28 heavy (non-hydrogen) atoms. The summed E-state index contributed by atoms with van der Waals surface area (Å²) < 4.78 is 12.7. The summed E-state index contributed by atoms with van der Waals surface area (Å²) in [5, 5.41) is 12.7. The molecular weight excluding hydrogens is 366 g/mol. The number of hydrogen-bond donors (Lipinski definition) is 1. The Balaban J connectivity index is 1.96. The summed E-state index contributed by atoms with van der Waals surface area (Å²) in [5.41, 5.74) is 0.